The summed E-state index contributed by atoms with van der Waals surface area (Å²) in [5.41, 5.74) is 8.32. The van der Waals surface area contributed by atoms with Crippen LogP contribution in [0.4, 0.5) is 0 Å². The molecule has 54 valence electrons. The van der Waals surface area contributed by atoms with Crippen LogP contribution < -0.4 is 5.73 Å². The molecule has 0 bridgehead atoms. The lowest BCUT2D eigenvalue weighted by molar-refractivity contribution is 0.950. The third-order valence-corrected chi connectivity index (χ3v) is 1.64. The number of allylic oxidation sites excluding steroid dienone is 3. The van der Waals surface area contributed by atoms with E-state index in [1.54, 1.807) is 0 Å². The zero-order valence-corrected chi connectivity index (χ0v) is 6.46. The van der Waals surface area contributed by atoms with E-state index in [-0.39, 0.29) is 6.04 Å². The van der Waals surface area contributed by atoms with Gasteiger partial charge in [-0.1, -0.05) is 29.9 Å². The van der Waals surface area contributed by atoms with E-state index in [9.17, 15) is 0 Å². The maximum atomic E-state index is 5.78. The Morgan fingerprint density at radius 1 is 1.40 bits per heavy atom. The van der Waals surface area contributed by atoms with Crippen LogP contribution >= 0.6 is 0 Å². The van der Waals surface area contributed by atoms with Crippen LogP contribution in [0, 0.1) is 0 Å². The van der Waals surface area contributed by atoms with Gasteiger partial charge in [-0.3, -0.25) is 0 Å². The lowest BCUT2D eigenvalue weighted by Crippen LogP contribution is -2.20. The van der Waals surface area contributed by atoms with Gasteiger partial charge in [-0.15, -0.1) is 0 Å². The Morgan fingerprint density at radius 2 is 2.10 bits per heavy atom. The van der Waals surface area contributed by atoms with Crippen molar-refractivity contribution < 1.29 is 0 Å². The van der Waals surface area contributed by atoms with Crippen molar-refractivity contribution in [2.24, 2.45) is 5.73 Å². The number of rotatable bonds is 0. The summed E-state index contributed by atoms with van der Waals surface area (Å²) >= 11 is 0. The van der Waals surface area contributed by atoms with E-state index in [1.807, 2.05) is 18.2 Å². The van der Waals surface area contributed by atoms with Gasteiger partial charge in [-0.2, -0.15) is 0 Å². The van der Waals surface area contributed by atoms with Crippen molar-refractivity contribution in [2.45, 2.75) is 19.9 Å². The van der Waals surface area contributed by atoms with Crippen molar-refractivity contribution >= 4 is 0 Å². The Hall–Kier alpha value is -0.820. The normalized spacial score (nSPS) is 23.5. The van der Waals surface area contributed by atoms with Crippen LogP contribution in [0.5, 0.6) is 0 Å². The van der Waals surface area contributed by atoms with Crippen LogP contribution in [0.15, 0.2) is 35.5 Å². The Kier molecular flexibility index (Phi) is 2.07. The second-order valence-corrected chi connectivity index (χ2v) is 2.73. The van der Waals surface area contributed by atoms with Gasteiger partial charge in [0.25, 0.3) is 0 Å². The van der Waals surface area contributed by atoms with Gasteiger partial charge in [-0.25, -0.2) is 0 Å². The Bertz CT molecular complexity index is 205. The van der Waals surface area contributed by atoms with Crippen LogP contribution in [0.1, 0.15) is 13.8 Å². The predicted octanol–water partition coefficient (Wildman–Crippen LogP) is 1.78. The standard InChI is InChI=1S/C9H13N/c1-7(2)8-5-3-4-6-9(8)10/h3-6,9H,10H2,1-2H3. The van der Waals surface area contributed by atoms with Gasteiger partial charge in [0.1, 0.15) is 0 Å². The first-order chi connectivity index (χ1) is 4.72. The minimum atomic E-state index is 0.106. The topological polar surface area (TPSA) is 26.0 Å². The summed E-state index contributed by atoms with van der Waals surface area (Å²) in [5, 5.41) is 0. The first kappa shape index (κ1) is 7.29. The fourth-order valence-electron chi connectivity index (χ4n) is 1.06. The third kappa shape index (κ3) is 1.36. The fraction of sp³-hybridized carbons (Fsp3) is 0.333. The Morgan fingerprint density at radius 3 is 2.50 bits per heavy atom. The number of nitrogens with two attached hydrogens (primary N) is 1. The molecule has 0 amide bonds. The van der Waals surface area contributed by atoms with Crippen molar-refractivity contribution in [3.63, 3.8) is 0 Å². The second-order valence-electron chi connectivity index (χ2n) is 2.73. The van der Waals surface area contributed by atoms with Crippen molar-refractivity contribution in [1.29, 1.82) is 0 Å². The molecular formula is C9H13N. The van der Waals surface area contributed by atoms with Gasteiger partial charge in [0, 0.05) is 6.04 Å². The molecule has 2 N–H and O–H groups in total. The molecule has 1 aliphatic carbocycles. The largest absolute Gasteiger partial charge is 0.321 e. The molecule has 0 aromatic rings. The van der Waals surface area contributed by atoms with E-state index >= 15 is 0 Å². The van der Waals surface area contributed by atoms with E-state index in [4.69, 9.17) is 5.73 Å². The average molecular weight is 135 g/mol. The van der Waals surface area contributed by atoms with Crippen LogP contribution in [0.25, 0.3) is 0 Å². The molecule has 0 aliphatic heterocycles. The summed E-state index contributed by atoms with van der Waals surface area (Å²) in [6, 6.07) is 0.106. The van der Waals surface area contributed by atoms with E-state index in [2.05, 4.69) is 19.9 Å². The SMILES string of the molecule is CC(C)=C1C=CC=CC1N. The minimum Gasteiger partial charge on any atom is -0.321 e. The number of hydrogen-bond donors (Lipinski definition) is 1. The van der Waals surface area contributed by atoms with E-state index in [0.29, 0.717) is 0 Å². The summed E-state index contributed by atoms with van der Waals surface area (Å²) < 4.78 is 0. The summed E-state index contributed by atoms with van der Waals surface area (Å²) in [5.74, 6) is 0. The minimum absolute atomic E-state index is 0.106. The molecule has 1 nitrogen and oxygen atoms in total. The third-order valence-electron chi connectivity index (χ3n) is 1.64. The van der Waals surface area contributed by atoms with Gasteiger partial charge in [0.2, 0.25) is 0 Å². The molecule has 1 unspecified atom stereocenters. The van der Waals surface area contributed by atoms with Gasteiger partial charge in [0.05, 0.1) is 0 Å². The molecule has 0 aromatic heterocycles. The fourth-order valence-corrected chi connectivity index (χ4v) is 1.06. The first-order valence-electron chi connectivity index (χ1n) is 3.49. The lowest BCUT2D eigenvalue weighted by Gasteiger charge is -2.12. The highest BCUT2D eigenvalue weighted by molar-refractivity contribution is 5.38. The second kappa shape index (κ2) is 2.84. The monoisotopic (exact) mass is 135 g/mol. The Labute approximate surface area is 61.9 Å². The molecule has 0 saturated heterocycles. The summed E-state index contributed by atoms with van der Waals surface area (Å²) in [7, 11) is 0. The maximum absolute atomic E-state index is 5.78. The Balaban J connectivity index is 2.91. The lowest BCUT2D eigenvalue weighted by atomic mass is 9.99. The zero-order chi connectivity index (χ0) is 7.56. The molecule has 1 aliphatic rings. The van der Waals surface area contributed by atoms with Gasteiger partial charge in [-0.05, 0) is 19.4 Å². The van der Waals surface area contributed by atoms with Crippen molar-refractivity contribution in [3.05, 3.63) is 35.5 Å². The number of hydrogen-bond acceptors (Lipinski definition) is 1. The molecule has 0 radical (unpaired) electrons. The maximum Gasteiger partial charge on any atom is 0.0483 e. The summed E-state index contributed by atoms with van der Waals surface area (Å²) in [6.07, 6.45) is 8.07. The van der Waals surface area contributed by atoms with Crippen LogP contribution in [0.2, 0.25) is 0 Å². The van der Waals surface area contributed by atoms with Crippen molar-refractivity contribution in [1.82, 2.24) is 0 Å². The van der Waals surface area contributed by atoms with E-state index in [1.165, 1.54) is 11.1 Å². The molecule has 0 spiro atoms. The zero-order valence-electron chi connectivity index (χ0n) is 6.46. The van der Waals surface area contributed by atoms with E-state index in [0.717, 1.165) is 0 Å². The van der Waals surface area contributed by atoms with Gasteiger partial charge < -0.3 is 5.73 Å². The van der Waals surface area contributed by atoms with Gasteiger partial charge >= 0.3 is 0 Å². The first-order valence-corrected chi connectivity index (χ1v) is 3.49. The molecule has 1 atom stereocenters. The molecule has 0 aromatic carbocycles. The highest BCUT2D eigenvalue weighted by atomic mass is 14.6. The summed E-state index contributed by atoms with van der Waals surface area (Å²) in [6.45, 7) is 4.16. The molecule has 0 fully saturated rings. The van der Waals surface area contributed by atoms with Crippen molar-refractivity contribution in [3.8, 4) is 0 Å². The smallest absolute Gasteiger partial charge is 0.0483 e. The van der Waals surface area contributed by atoms with Crippen LogP contribution in [-0.2, 0) is 0 Å². The highest BCUT2D eigenvalue weighted by Crippen LogP contribution is 2.13. The predicted molar refractivity (Wildman–Crippen MR) is 44.6 cm³/mol. The molecule has 1 rings (SSSR count). The van der Waals surface area contributed by atoms with Crippen LogP contribution in [0.3, 0.4) is 0 Å². The van der Waals surface area contributed by atoms with Crippen molar-refractivity contribution in [2.75, 3.05) is 0 Å². The molecular weight excluding hydrogens is 122 g/mol. The molecule has 1 heteroatoms. The molecule has 0 heterocycles. The molecule has 0 saturated carbocycles. The molecule has 10 heavy (non-hydrogen) atoms. The van der Waals surface area contributed by atoms with E-state index < -0.39 is 0 Å². The summed E-state index contributed by atoms with van der Waals surface area (Å²) in [4.78, 5) is 0. The quantitative estimate of drug-likeness (QED) is 0.538. The average Bonchev–Trinajstić information content (AvgIpc) is 1.88. The van der Waals surface area contributed by atoms with Crippen LogP contribution in [-0.4, -0.2) is 6.04 Å². The van der Waals surface area contributed by atoms with Gasteiger partial charge in [0.15, 0.2) is 0 Å². The highest BCUT2D eigenvalue weighted by Gasteiger charge is 2.05.